The lowest BCUT2D eigenvalue weighted by Gasteiger charge is -2.04. The molecule has 1 rings (SSSR count). The Morgan fingerprint density at radius 2 is 2.14 bits per heavy atom. The second kappa shape index (κ2) is 5.01. The Bertz CT molecular complexity index is 347. The number of hydrogen-bond donors (Lipinski definition) is 0. The largest absolute Gasteiger partial charge is 0.493 e. The molecule has 74 valence electrons. The van der Waals surface area contributed by atoms with Crippen molar-refractivity contribution in [1.82, 2.24) is 0 Å². The number of allylic oxidation sites excluding steroid dienone is 1. The van der Waals surface area contributed by atoms with E-state index in [1.54, 1.807) is 18.2 Å². The maximum absolute atomic E-state index is 11.9. The smallest absolute Gasteiger partial charge is 0.213 e. The van der Waals surface area contributed by atoms with Crippen LogP contribution in [0, 0.1) is 0 Å². The van der Waals surface area contributed by atoms with Gasteiger partial charge in [0.05, 0.1) is 7.11 Å². The SMILES string of the molecule is COc1cc(/C=C/C=O)ccc1OF. The minimum absolute atomic E-state index is 0.00996. The van der Waals surface area contributed by atoms with E-state index in [4.69, 9.17) is 4.74 Å². The van der Waals surface area contributed by atoms with Crippen LogP contribution in [0.15, 0.2) is 24.3 Å². The second-order valence-electron chi connectivity index (χ2n) is 2.48. The molecule has 0 atom stereocenters. The first-order valence-electron chi connectivity index (χ1n) is 3.90. The molecule has 0 amide bonds. The third kappa shape index (κ3) is 2.32. The fourth-order valence-electron chi connectivity index (χ4n) is 1.00. The number of halogens is 1. The summed E-state index contributed by atoms with van der Waals surface area (Å²) in [5.41, 5.74) is 0.731. The molecule has 1 aromatic rings. The lowest BCUT2D eigenvalue weighted by Crippen LogP contribution is -1.87. The third-order valence-electron chi connectivity index (χ3n) is 1.64. The van der Waals surface area contributed by atoms with Crippen LogP contribution in [0.25, 0.3) is 6.08 Å². The minimum Gasteiger partial charge on any atom is -0.493 e. The topological polar surface area (TPSA) is 35.5 Å². The highest BCUT2D eigenvalue weighted by Gasteiger charge is 2.04. The first kappa shape index (κ1) is 10.2. The minimum atomic E-state index is 0.00996. The Balaban J connectivity index is 3.00. The monoisotopic (exact) mass is 196 g/mol. The van der Waals surface area contributed by atoms with E-state index in [1.165, 1.54) is 19.3 Å². The van der Waals surface area contributed by atoms with E-state index in [2.05, 4.69) is 4.94 Å². The molecule has 0 bridgehead atoms. The predicted octanol–water partition coefficient (Wildman–Crippen LogP) is 2.17. The lowest BCUT2D eigenvalue weighted by molar-refractivity contribution is -0.104. The highest BCUT2D eigenvalue weighted by atomic mass is 19.3. The molecule has 0 aliphatic carbocycles. The predicted molar refractivity (Wildman–Crippen MR) is 49.8 cm³/mol. The Labute approximate surface area is 80.7 Å². The van der Waals surface area contributed by atoms with E-state index in [-0.39, 0.29) is 11.5 Å². The van der Waals surface area contributed by atoms with Gasteiger partial charge >= 0.3 is 0 Å². The van der Waals surface area contributed by atoms with Crippen molar-refractivity contribution in [2.75, 3.05) is 7.11 Å². The van der Waals surface area contributed by atoms with E-state index in [1.807, 2.05) is 0 Å². The van der Waals surface area contributed by atoms with Crippen molar-refractivity contribution in [1.29, 1.82) is 0 Å². The summed E-state index contributed by atoms with van der Waals surface area (Å²) in [6, 6.07) is 4.59. The fraction of sp³-hybridized carbons (Fsp3) is 0.100. The van der Waals surface area contributed by atoms with Gasteiger partial charge in [0.2, 0.25) is 5.75 Å². The van der Waals surface area contributed by atoms with Crippen LogP contribution in [0.3, 0.4) is 0 Å². The van der Waals surface area contributed by atoms with Gasteiger partial charge in [0.1, 0.15) is 6.29 Å². The summed E-state index contributed by atoms with van der Waals surface area (Å²) in [5.74, 6) is 0.288. The Kier molecular flexibility index (Phi) is 3.67. The number of aldehydes is 1. The van der Waals surface area contributed by atoms with Gasteiger partial charge < -0.3 is 4.74 Å². The van der Waals surface area contributed by atoms with Gasteiger partial charge in [0.15, 0.2) is 5.75 Å². The molecule has 0 fully saturated rings. The van der Waals surface area contributed by atoms with Crippen molar-refractivity contribution >= 4 is 12.4 Å². The summed E-state index contributed by atoms with van der Waals surface area (Å²) < 4.78 is 16.8. The van der Waals surface area contributed by atoms with E-state index in [0.29, 0.717) is 6.29 Å². The van der Waals surface area contributed by atoms with Crippen molar-refractivity contribution < 1.29 is 19.0 Å². The first-order chi connectivity index (χ1) is 6.81. The van der Waals surface area contributed by atoms with Crippen molar-refractivity contribution in [3.05, 3.63) is 29.8 Å². The Hall–Kier alpha value is -1.84. The number of hydrogen-bond acceptors (Lipinski definition) is 3. The lowest BCUT2D eigenvalue weighted by atomic mass is 10.2. The van der Waals surface area contributed by atoms with Gasteiger partial charge in [-0.3, -0.25) is 9.74 Å². The van der Waals surface area contributed by atoms with Gasteiger partial charge in [0.25, 0.3) is 0 Å². The van der Waals surface area contributed by atoms with Crippen LogP contribution in [0.1, 0.15) is 5.56 Å². The molecule has 1 aromatic carbocycles. The molecule has 4 heteroatoms. The van der Waals surface area contributed by atoms with Gasteiger partial charge in [0, 0.05) is 4.53 Å². The fourth-order valence-corrected chi connectivity index (χ4v) is 1.00. The number of ether oxygens (including phenoxy) is 1. The van der Waals surface area contributed by atoms with E-state index < -0.39 is 0 Å². The zero-order valence-corrected chi connectivity index (χ0v) is 7.57. The molecule has 0 unspecified atom stereocenters. The standard InChI is InChI=1S/C10H9FO3/c1-13-10-7-8(3-2-6-12)4-5-9(10)14-11/h2-7H,1H3/b3-2+. The van der Waals surface area contributed by atoms with Crippen LogP contribution in [0.4, 0.5) is 4.53 Å². The van der Waals surface area contributed by atoms with Gasteiger partial charge in [-0.15, -0.1) is 0 Å². The molecular formula is C10H9FO3. The van der Waals surface area contributed by atoms with Gasteiger partial charge in [-0.1, -0.05) is 12.1 Å². The molecule has 0 heterocycles. The molecule has 3 nitrogen and oxygen atoms in total. The van der Waals surface area contributed by atoms with Crippen LogP contribution < -0.4 is 9.68 Å². The number of benzene rings is 1. The molecular weight excluding hydrogens is 187 g/mol. The summed E-state index contributed by atoms with van der Waals surface area (Å²) in [7, 11) is 1.41. The van der Waals surface area contributed by atoms with Crippen LogP contribution in [-0.2, 0) is 4.79 Å². The number of rotatable bonds is 4. The molecule has 0 aromatic heterocycles. The molecule has 0 aliphatic rings. The molecule has 0 saturated heterocycles. The van der Waals surface area contributed by atoms with Crippen molar-refractivity contribution in [2.24, 2.45) is 0 Å². The molecule has 14 heavy (non-hydrogen) atoms. The van der Waals surface area contributed by atoms with Crippen LogP contribution in [0.2, 0.25) is 0 Å². The summed E-state index contributed by atoms with van der Waals surface area (Å²) >= 11 is 0. The highest BCUT2D eigenvalue weighted by molar-refractivity contribution is 5.74. The molecule has 0 saturated carbocycles. The van der Waals surface area contributed by atoms with Crippen molar-refractivity contribution in [3.63, 3.8) is 0 Å². The molecule has 0 radical (unpaired) electrons. The normalized spacial score (nSPS) is 10.1. The summed E-state index contributed by atoms with van der Waals surface area (Å²) in [6.07, 6.45) is 3.58. The number of carbonyl (C=O) groups is 1. The Morgan fingerprint density at radius 1 is 1.36 bits per heavy atom. The summed E-state index contributed by atoms with van der Waals surface area (Å²) in [6.45, 7) is 0. The number of carbonyl (C=O) groups excluding carboxylic acids is 1. The number of methoxy groups -OCH3 is 1. The maximum atomic E-state index is 11.9. The van der Waals surface area contributed by atoms with Crippen LogP contribution in [0.5, 0.6) is 11.5 Å². The second-order valence-corrected chi connectivity index (χ2v) is 2.48. The van der Waals surface area contributed by atoms with Gasteiger partial charge in [-0.25, -0.2) is 0 Å². The quantitative estimate of drug-likeness (QED) is 0.546. The summed E-state index contributed by atoms with van der Waals surface area (Å²) in [4.78, 5) is 13.6. The zero-order valence-electron chi connectivity index (χ0n) is 7.57. The average Bonchev–Trinajstić information content (AvgIpc) is 2.25. The van der Waals surface area contributed by atoms with Crippen LogP contribution >= 0.6 is 0 Å². The Morgan fingerprint density at radius 3 is 2.71 bits per heavy atom. The maximum Gasteiger partial charge on any atom is 0.213 e. The van der Waals surface area contributed by atoms with Crippen molar-refractivity contribution in [3.8, 4) is 11.5 Å². The summed E-state index contributed by atoms with van der Waals surface area (Å²) in [5, 5.41) is 0. The van der Waals surface area contributed by atoms with E-state index >= 15 is 0 Å². The molecule has 0 spiro atoms. The zero-order chi connectivity index (χ0) is 10.4. The molecule has 0 N–H and O–H groups in total. The van der Waals surface area contributed by atoms with Gasteiger partial charge in [-0.2, -0.15) is 0 Å². The van der Waals surface area contributed by atoms with Gasteiger partial charge in [-0.05, 0) is 23.8 Å². The van der Waals surface area contributed by atoms with Crippen molar-refractivity contribution in [2.45, 2.75) is 0 Å². The van der Waals surface area contributed by atoms with Crippen LogP contribution in [-0.4, -0.2) is 13.4 Å². The average molecular weight is 196 g/mol. The highest BCUT2D eigenvalue weighted by Crippen LogP contribution is 2.28. The molecule has 0 aliphatic heterocycles. The first-order valence-corrected chi connectivity index (χ1v) is 3.90. The van der Waals surface area contributed by atoms with E-state index in [9.17, 15) is 9.32 Å². The van der Waals surface area contributed by atoms with E-state index in [0.717, 1.165) is 5.56 Å². The third-order valence-corrected chi connectivity index (χ3v) is 1.64.